The molecule has 4 heteroatoms. The monoisotopic (exact) mass is 349 g/mol. The first-order valence-electron chi connectivity index (χ1n) is 9.59. The fourth-order valence-corrected chi connectivity index (χ4v) is 2.52. The molecule has 0 fully saturated rings. The molecule has 0 spiro atoms. The molecule has 1 rings (SSSR count). The maximum absolute atomic E-state index is 12.8. The summed E-state index contributed by atoms with van der Waals surface area (Å²) < 4.78 is 11.8. The summed E-state index contributed by atoms with van der Waals surface area (Å²) in [5.74, 6) is 0.785. The van der Waals surface area contributed by atoms with Crippen molar-refractivity contribution in [2.24, 2.45) is 0 Å². The van der Waals surface area contributed by atoms with E-state index in [2.05, 4.69) is 33.0 Å². The Labute approximate surface area is 153 Å². The highest BCUT2D eigenvalue weighted by Gasteiger charge is 2.33. The number of carbonyl (C=O) groups is 1. The van der Waals surface area contributed by atoms with Crippen LogP contribution in [0.15, 0.2) is 18.2 Å². The highest BCUT2D eigenvalue weighted by molar-refractivity contribution is 5.97. The van der Waals surface area contributed by atoms with E-state index >= 15 is 0 Å². The first kappa shape index (κ1) is 21.5. The number of rotatable bonds is 11. The Balaban J connectivity index is 2.83. The summed E-state index contributed by atoms with van der Waals surface area (Å²) in [6, 6.07) is 5.77. The number of unbranched alkanes of at least 4 members (excludes halogenated alkanes) is 1. The third-order valence-electron chi connectivity index (χ3n) is 4.45. The molecule has 0 heterocycles. The van der Waals surface area contributed by atoms with E-state index < -0.39 is 5.60 Å². The molecule has 0 aromatic heterocycles. The van der Waals surface area contributed by atoms with E-state index in [4.69, 9.17) is 9.47 Å². The Morgan fingerprint density at radius 3 is 2.52 bits per heavy atom. The molecule has 0 bridgehead atoms. The number of hydrogen-bond acceptors (Lipinski definition) is 3. The molecule has 2 atom stereocenters. The van der Waals surface area contributed by atoms with Crippen LogP contribution in [-0.4, -0.2) is 24.2 Å². The molecule has 25 heavy (non-hydrogen) atoms. The van der Waals surface area contributed by atoms with Gasteiger partial charge in [0.25, 0.3) is 5.91 Å². The summed E-state index contributed by atoms with van der Waals surface area (Å²) in [4.78, 5) is 12.8. The van der Waals surface area contributed by atoms with Crippen LogP contribution >= 0.6 is 0 Å². The molecule has 4 nitrogen and oxygen atoms in total. The number of benzene rings is 1. The van der Waals surface area contributed by atoms with Gasteiger partial charge in [-0.15, -0.1) is 0 Å². The molecule has 0 aliphatic heterocycles. The van der Waals surface area contributed by atoms with Crippen molar-refractivity contribution < 1.29 is 14.3 Å². The van der Waals surface area contributed by atoms with Crippen LogP contribution in [0, 0.1) is 6.92 Å². The second-order valence-corrected chi connectivity index (χ2v) is 6.95. The Bertz CT molecular complexity index is 534. The molecular weight excluding hydrogens is 314 g/mol. The Hall–Kier alpha value is -1.55. The molecule has 1 aromatic rings. The molecule has 0 aliphatic rings. The van der Waals surface area contributed by atoms with Crippen LogP contribution in [0.1, 0.15) is 72.3 Å². The molecule has 0 saturated carbocycles. The largest absolute Gasteiger partial charge is 0.490 e. The number of anilines is 1. The third-order valence-corrected chi connectivity index (χ3v) is 4.45. The SMILES string of the molecule is CCCCC(C)(OCCC)C(=O)Nc1ccc(OC(C)CC)c(C)c1. The summed E-state index contributed by atoms with van der Waals surface area (Å²) >= 11 is 0. The summed E-state index contributed by atoms with van der Waals surface area (Å²) in [5, 5.41) is 3.02. The lowest BCUT2D eigenvalue weighted by Crippen LogP contribution is -2.43. The summed E-state index contributed by atoms with van der Waals surface area (Å²) in [6.45, 7) is 12.8. The minimum Gasteiger partial charge on any atom is -0.490 e. The molecule has 1 aromatic carbocycles. The summed E-state index contributed by atoms with van der Waals surface area (Å²) in [7, 11) is 0. The number of ether oxygens (including phenoxy) is 2. The van der Waals surface area contributed by atoms with Crippen molar-refractivity contribution in [3.8, 4) is 5.75 Å². The number of nitrogens with one attached hydrogen (secondary N) is 1. The zero-order valence-electron chi connectivity index (χ0n) is 16.8. The number of carbonyl (C=O) groups excluding carboxylic acids is 1. The van der Waals surface area contributed by atoms with Gasteiger partial charge in [-0.3, -0.25) is 4.79 Å². The zero-order chi connectivity index (χ0) is 18.9. The maximum atomic E-state index is 12.8. The van der Waals surface area contributed by atoms with Crippen molar-refractivity contribution in [3.05, 3.63) is 23.8 Å². The number of aryl methyl sites for hydroxylation is 1. The van der Waals surface area contributed by atoms with Gasteiger partial charge in [-0.2, -0.15) is 0 Å². The van der Waals surface area contributed by atoms with Gasteiger partial charge in [-0.25, -0.2) is 0 Å². The van der Waals surface area contributed by atoms with Crippen LogP contribution < -0.4 is 10.1 Å². The van der Waals surface area contributed by atoms with Crippen molar-refractivity contribution in [3.63, 3.8) is 0 Å². The lowest BCUT2D eigenvalue weighted by Gasteiger charge is -2.28. The predicted octanol–water partition coefficient (Wildman–Crippen LogP) is 5.49. The zero-order valence-corrected chi connectivity index (χ0v) is 16.8. The minimum atomic E-state index is -0.786. The van der Waals surface area contributed by atoms with Gasteiger partial charge >= 0.3 is 0 Å². The average Bonchev–Trinajstić information content (AvgIpc) is 2.60. The molecule has 0 aliphatic carbocycles. The van der Waals surface area contributed by atoms with E-state index in [-0.39, 0.29) is 12.0 Å². The highest BCUT2D eigenvalue weighted by atomic mass is 16.5. The van der Waals surface area contributed by atoms with Crippen LogP contribution in [0.4, 0.5) is 5.69 Å². The van der Waals surface area contributed by atoms with Crippen molar-refractivity contribution in [2.45, 2.75) is 85.4 Å². The minimum absolute atomic E-state index is 0.0793. The van der Waals surface area contributed by atoms with Crippen LogP contribution in [-0.2, 0) is 9.53 Å². The fourth-order valence-electron chi connectivity index (χ4n) is 2.52. The molecular formula is C21H35NO3. The van der Waals surface area contributed by atoms with Crippen LogP contribution in [0.5, 0.6) is 5.75 Å². The van der Waals surface area contributed by atoms with Gasteiger partial charge in [-0.05, 0) is 63.8 Å². The van der Waals surface area contributed by atoms with E-state index in [0.717, 1.165) is 49.1 Å². The lowest BCUT2D eigenvalue weighted by molar-refractivity contribution is -0.140. The van der Waals surface area contributed by atoms with Gasteiger partial charge in [0.15, 0.2) is 0 Å². The molecule has 0 saturated heterocycles. The van der Waals surface area contributed by atoms with Crippen LogP contribution in [0.2, 0.25) is 0 Å². The normalized spacial score (nSPS) is 14.6. The highest BCUT2D eigenvalue weighted by Crippen LogP contribution is 2.26. The van der Waals surface area contributed by atoms with Gasteiger partial charge in [0.05, 0.1) is 6.10 Å². The number of amides is 1. The fraction of sp³-hybridized carbons (Fsp3) is 0.667. The van der Waals surface area contributed by atoms with Gasteiger partial charge in [-0.1, -0.05) is 33.6 Å². The summed E-state index contributed by atoms with van der Waals surface area (Å²) in [5.41, 5.74) is 1.01. The van der Waals surface area contributed by atoms with Crippen LogP contribution in [0.25, 0.3) is 0 Å². The first-order chi connectivity index (χ1) is 11.9. The van der Waals surface area contributed by atoms with Gasteiger partial charge in [0, 0.05) is 12.3 Å². The quantitative estimate of drug-likeness (QED) is 0.575. The van der Waals surface area contributed by atoms with Crippen LogP contribution in [0.3, 0.4) is 0 Å². The van der Waals surface area contributed by atoms with Crippen molar-refractivity contribution in [1.29, 1.82) is 0 Å². The van der Waals surface area contributed by atoms with Crippen molar-refractivity contribution >= 4 is 11.6 Å². The van der Waals surface area contributed by atoms with E-state index in [0.29, 0.717) is 6.61 Å². The van der Waals surface area contributed by atoms with E-state index in [1.165, 1.54) is 0 Å². The topological polar surface area (TPSA) is 47.6 Å². The molecule has 0 radical (unpaired) electrons. The smallest absolute Gasteiger partial charge is 0.256 e. The van der Waals surface area contributed by atoms with Gasteiger partial charge < -0.3 is 14.8 Å². The Morgan fingerprint density at radius 1 is 1.24 bits per heavy atom. The molecule has 1 N–H and O–H groups in total. The average molecular weight is 350 g/mol. The molecule has 142 valence electrons. The number of hydrogen-bond donors (Lipinski definition) is 1. The molecule has 2 unspecified atom stereocenters. The maximum Gasteiger partial charge on any atom is 0.256 e. The van der Waals surface area contributed by atoms with Gasteiger partial charge in [0.1, 0.15) is 11.4 Å². The standard InChI is InChI=1S/C21H35NO3/c1-7-10-13-21(6,24-14-8-2)20(23)22-18-11-12-19(16(4)15-18)25-17(5)9-3/h11-12,15,17H,7-10,13-14H2,1-6H3,(H,22,23). The molecule has 1 amide bonds. The van der Waals surface area contributed by atoms with Crippen molar-refractivity contribution in [1.82, 2.24) is 0 Å². The Morgan fingerprint density at radius 2 is 1.96 bits per heavy atom. The Kier molecular flexibility index (Phi) is 8.98. The lowest BCUT2D eigenvalue weighted by atomic mass is 9.97. The van der Waals surface area contributed by atoms with E-state index in [9.17, 15) is 4.79 Å². The summed E-state index contributed by atoms with van der Waals surface area (Å²) in [6.07, 6.45) is 4.77. The van der Waals surface area contributed by atoms with Gasteiger partial charge in [0.2, 0.25) is 0 Å². The van der Waals surface area contributed by atoms with E-state index in [1.54, 1.807) is 0 Å². The predicted molar refractivity (Wildman–Crippen MR) is 104 cm³/mol. The second-order valence-electron chi connectivity index (χ2n) is 6.95. The first-order valence-corrected chi connectivity index (χ1v) is 9.59. The van der Waals surface area contributed by atoms with Crippen molar-refractivity contribution in [2.75, 3.05) is 11.9 Å². The third kappa shape index (κ3) is 6.69. The van der Waals surface area contributed by atoms with E-state index in [1.807, 2.05) is 32.0 Å². The second kappa shape index (κ2) is 10.4.